The molecule has 0 spiro atoms. The summed E-state index contributed by atoms with van der Waals surface area (Å²) in [5, 5.41) is -0.293. The van der Waals surface area contributed by atoms with E-state index in [9.17, 15) is 18.0 Å². The third-order valence-electron chi connectivity index (χ3n) is 8.03. The van der Waals surface area contributed by atoms with Crippen molar-refractivity contribution in [3.05, 3.63) is 41.6 Å². The monoisotopic (exact) mass is 539 g/mol. The molecule has 3 aliphatic heterocycles. The molecule has 2 fully saturated rings. The first kappa shape index (κ1) is 26.6. The summed E-state index contributed by atoms with van der Waals surface area (Å²) in [6.45, 7) is 11.2. The SMILES string of the molecule is CC(C)(C)c1ccc2c(n1)N1C[C@H](CCC3CCCC(=O)N3c3cccc(n3)S(=O)(=O)NC2=O)CC1(C)C. The number of carbonyl (C=O) groups excluding carboxylic acids is 2. The number of piperidine rings is 1. The summed E-state index contributed by atoms with van der Waals surface area (Å²) < 4.78 is 28.9. The quantitative estimate of drug-likeness (QED) is 0.534. The summed E-state index contributed by atoms with van der Waals surface area (Å²) in [7, 11) is -4.30. The summed E-state index contributed by atoms with van der Waals surface area (Å²) in [5.41, 5.74) is 0.510. The minimum atomic E-state index is -4.30. The number of anilines is 2. The Bertz CT molecular complexity index is 1380. The molecule has 0 radical (unpaired) electrons. The first-order valence-corrected chi connectivity index (χ1v) is 14.9. The van der Waals surface area contributed by atoms with E-state index < -0.39 is 15.9 Å². The fourth-order valence-corrected chi connectivity index (χ4v) is 7.01. The highest BCUT2D eigenvalue weighted by Gasteiger charge is 2.42. The van der Waals surface area contributed by atoms with Gasteiger partial charge in [-0.05, 0) is 76.1 Å². The molecule has 204 valence electrons. The predicted octanol–water partition coefficient (Wildman–Crippen LogP) is 4.18. The van der Waals surface area contributed by atoms with Crippen molar-refractivity contribution < 1.29 is 18.0 Å². The van der Waals surface area contributed by atoms with Crippen molar-refractivity contribution in [2.75, 3.05) is 16.3 Å². The largest absolute Gasteiger partial charge is 0.351 e. The standard InChI is InChI=1S/C28H37N5O4S/c1-27(2,3)21-15-14-20-25(29-21)32-17-18(16-28(32,4)5)12-13-19-8-6-11-24(34)33(19)22-9-7-10-23(30-22)38(36,37)31-26(20)35/h7,9-10,14-15,18-19H,6,8,11-13,16-17H2,1-5H3,(H,31,35)/t18-,19?/m1/s1. The van der Waals surface area contributed by atoms with Gasteiger partial charge < -0.3 is 4.90 Å². The van der Waals surface area contributed by atoms with Crippen molar-refractivity contribution in [1.29, 1.82) is 0 Å². The number of nitrogens with zero attached hydrogens (tertiary/aromatic N) is 4. The number of pyridine rings is 2. The lowest BCUT2D eigenvalue weighted by atomic mass is 9.89. The molecule has 0 aliphatic carbocycles. The van der Waals surface area contributed by atoms with Crippen LogP contribution in [0.25, 0.3) is 0 Å². The maximum absolute atomic E-state index is 13.5. The Morgan fingerprint density at radius 1 is 1.03 bits per heavy atom. The Balaban J connectivity index is 1.65. The van der Waals surface area contributed by atoms with E-state index in [-0.39, 0.29) is 33.5 Å². The molecule has 4 bridgehead atoms. The fourth-order valence-electron chi connectivity index (χ4n) is 6.08. The average molecular weight is 540 g/mol. The summed E-state index contributed by atoms with van der Waals surface area (Å²) in [5.74, 6) is 0.365. The first-order chi connectivity index (χ1) is 17.8. The van der Waals surface area contributed by atoms with Gasteiger partial charge in [-0.1, -0.05) is 26.8 Å². The van der Waals surface area contributed by atoms with Gasteiger partial charge in [0.1, 0.15) is 11.6 Å². The van der Waals surface area contributed by atoms with Crippen LogP contribution in [0.1, 0.15) is 89.2 Å². The second-order valence-corrected chi connectivity index (χ2v) is 14.1. The third kappa shape index (κ3) is 4.90. The molecule has 2 saturated heterocycles. The summed E-state index contributed by atoms with van der Waals surface area (Å²) >= 11 is 0. The van der Waals surface area contributed by atoms with Crippen molar-refractivity contribution in [2.24, 2.45) is 5.92 Å². The van der Waals surface area contributed by atoms with Crippen LogP contribution in [-0.2, 0) is 20.2 Å². The Labute approximate surface area is 225 Å². The predicted molar refractivity (Wildman–Crippen MR) is 146 cm³/mol. The molecule has 5 heterocycles. The maximum Gasteiger partial charge on any atom is 0.281 e. The molecule has 38 heavy (non-hydrogen) atoms. The zero-order chi connectivity index (χ0) is 27.5. The summed E-state index contributed by atoms with van der Waals surface area (Å²) in [4.78, 5) is 39.7. The number of nitrogens with one attached hydrogen (secondary N) is 1. The smallest absolute Gasteiger partial charge is 0.281 e. The Morgan fingerprint density at radius 3 is 2.53 bits per heavy atom. The van der Waals surface area contributed by atoms with Gasteiger partial charge in [-0.2, -0.15) is 8.42 Å². The molecule has 0 saturated carbocycles. The number of rotatable bonds is 0. The van der Waals surface area contributed by atoms with Gasteiger partial charge in [-0.25, -0.2) is 14.7 Å². The van der Waals surface area contributed by atoms with Crippen LogP contribution in [0.4, 0.5) is 11.6 Å². The summed E-state index contributed by atoms with van der Waals surface area (Å²) in [6, 6.07) is 8.01. The number of hydrogen-bond acceptors (Lipinski definition) is 7. The van der Waals surface area contributed by atoms with Crippen LogP contribution < -0.4 is 14.5 Å². The lowest BCUT2D eigenvalue weighted by Gasteiger charge is -2.35. The van der Waals surface area contributed by atoms with Crippen molar-refractivity contribution in [2.45, 2.75) is 95.2 Å². The van der Waals surface area contributed by atoms with Gasteiger partial charge in [0.2, 0.25) is 5.91 Å². The van der Waals surface area contributed by atoms with Crippen LogP contribution in [0.2, 0.25) is 0 Å². The van der Waals surface area contributed by atoms with Gasteiger partial charge in [-0.3, -0.25) is 14.5 Å². The molecule has 9 nitrogen and oxygen atoms in total. The Hall–Kier alpha value is -3.01. The third-order valence-corrected chi connectivity index (χ3v) is 9.26. The molecular weight excluding hydrogens is 502 g/mol. The minimum Gasteiger partial charge on any atom is -0.351 e. The number of amides is 2. The second kappa shape index (κ2) is 9.32. The van der Waals surface area contributed by atoms with E-state index in [0.717, 1.165) is 37.8 Å². The number of carbonyl (C=O) groups is 2. The van der Waals surface area contributed by atoms with E-state index in [1.54, 1.807) is 29.2 Å². The highest BCUT2D eigenvalue weighted by molar-refractivity contribution is 7.90. The van der Waals surface area contributed by atoms with Crippen LogP contribution in [0.5, 0.6) is 0 Å². The molecule has 0 aromatic carbocycles. The number of hydrogen-bond donors (Lipinski definition) is 1. The van der Waals surface area contributed by atoms with Gasteiger partial charge in [0, 0.05) is 35.7 Å². The zero-order valence-corrected chi connectivity index (χ0v) is 23.6. The molecule has 2 atom stereocenters. The minimum absolute atomic E-state index is 0.0449. The van der Waals surface area contributed by atoms with Gasteiger partial charge in [-0.15, -0.1) is 0 Å². The number of sulfonamides is 1. The summed E-state index contributed by atoms with van der Waals surface area (Å²) in [6.07, 6.45) is 4.68. The van der Waals surface area contributed by atoms with Gasteiger partial charge in [0.05, 0.1) is 5.56 Å². The molecular formula is C28H37N5O4S. The Kier molecular flexibility index (Phi) is 6.52. The van der Waals surface area contributed by atoms with Crippen molar-refractivity contribution in [3.63, 3.8) is 0 Å². The highest BCUT2D eigenvalue weighted by Crippen LogP contribution is 2.41. The van der Waals surface area contributed by atoms with E-state index >= 15 is 0 Å². The van der Waals surface area contributed by atoms with Gasteiger partial charge in [0.15, 0.2) is 5.03 Å². The van der Waals surface area contributed by atoms with Crippen LogP contribution in [0.15, 0.2) is 35.4 Å². The van der Waals surface area contributed by atoms with Crippen LogP contribution in [-0.4, -0.2) is 48.3 Å². The van der Waals surface area contributed by atoms with Crippen LogP contribution in [0, 0.1) is 5.92 Å². The molecule has 5 rings (SSSR count). The van der Waals surface area contributed by atoms with Crippen LogP contribution in [0.3, 0.4) is 0 Å². The van der Waals surface area contributed by atoms with Gasteiger partial charge >= 0.3 is 0 Å². The lowest BCUT2D eigenvalue weighted by molar-refractivity contribution is -0.120. The molecule has 2 amide bonds. The molecule has 1 N–H and O–H groups in total. The topological polar surface area (TPSA) is 113 Å². The highest BCUT2D eigenvalue weighted by atomic mass is 32.2. The molecule has 2 aromatic rings. The van der Waals surface area contributed by atoms with E-state index in [1.165, 1.54) is 6.07 Å². The van der Waals surface area contributed by atoms with Crippen molar-refractivity contribution >= 4 is 33.5 Å². The van der Waals surface area contributed by atoms with E-state index in [2.05, 4.69) is 49.2 Å². The fraction of sp³-hybridized carbons (Fsp3) is 0.571. The number of aromatic nitrogens is 2. The molecule has 2 aromatic heterocycles. The average Bonchev–Trinajstić information content (AvgIpc) is 3.15. The van der Waals surface area contributed by atoms with E-state index in [1.807, 2.05) is 0 Å². The molecule has 1 unspecified atom stereocenters. The van der Waals surface area contributed by atoms with Crippen LogP contribution >= 0.6 is 0 Å². The Morgan fingerprint density at radius 2 is 1.79 bits per heavy atom. The molecule has 3 aliphatic rings. The number of fused-ring (bicyclic) bond motifs is 8. The van der Waals surface area contributed by atoms with Crippen molar-refractivity contribution in [1.82, 2.24) is 14.7 Å². The lowest BCUT2D eigenvalue weighted by Crippen LogP contribution is -2.44. The van der Waals surface area contributed by atoms with E-state index in [0.29, 0.717) is 30.5 Å². The normalized spacial score (nSPS) is 25.1. The zero-order valence-electron chi connectivity index (χ0n) is 22.8. The van der Waals surface area contributed by atoms with Gasteiger partial charge in [0.25, 0.3) is 15.9 Å². The first-order valence-electron chi connectivity index (χ1n) is 13.4. The maximum atomic E-state index is 13.5. The van der Waals surface area contributed by atoms with Crippen molar-refractivity contribution in [3.8, 4) is 0 Å². The second-order valence-electron chi connectivity index (χ2n) is 12.5. The van der Waals surface area contributed by atoms with E-state index in [4.69, 9.17) is 4.98 Å². The molecule has 10 heteroatoms.